The molecular weight excluding hydrogens is 667 g/mol. The van der Waals surface area contributed by atoms with Crippen LogP contribution >= 0.6 is 0 Å². The Hall–Kier alpha value is -4.24. The van der Waals surface area contributed by atoms with E-state index in [0.717, 1.165) is 33.8 Å². The standard InChI is InChI=1S/C19H17N2.C17H12N.Ir/c1-14(2)18-12-20-19(21-13-18)17-10-6-9-16(11-17)15-7-4-3-5-8-15;1-2-6-14(7-3-1)15-9-11-16(12-10-15)17-8-4-5-13-18-17;/h3-9,11-14H,1-2H3;1-11,13H;/q2*-1;. The van der Waals surface area contributed by atoms with Gasteiger partial charge in [0.15, 0.2) is 0 Å². The minimum Gasteiger partial charge on any atom is -0.305 e. The molecule has 3 nitrogen and oxygen atoms in total. The fraction of sp³-hybridized carbons (Fsp3) is 0.0833. The van der Waals surface area contributed by atoms with Gasteiger partial charge in [-0.15, -0.1) is 65.2 Å². The van der Waals surface area contributed by atoms with Crippen LogP contribution in [0.5, 0.6) is 0 Å². The van der Waals surface area contributed by atoms with Crippen molar-refractivity contribution >= 4 is 0 Å². The first kappa shape index (κ1) is 28.8. The third-order valence-corrected chi connectivity index (χ3v) is 6.35. The summed E-state index contributed by atoms with van der Waals surface area (Å²) in [5.74, 6) is 1.16. The zero-order chi connectivity index (χ0) is 26.9. The van der Waals surface area contributed by atoms with E-state index in [4.69, 9.17) is 0 Å². The summed E-state index contributed by atoms with van der Waals surface area (Å²) >= 11 is 0. The topological polar surface area (TPSA) is 38.7 Å². The molecule has 2 aromatic heterocycles. The van der Waals surface area contributed by atoms with E-state index < -0.39 is 0 Å². The normalized spacial score (nSPS) is 10.3. The molecule has 0 amide bonds. The number of benzene rings is 4. The average molecular weight is 696 g/mol. The van der Waals surface area contributed by atoms with E-state index in [1.165, 1.54) is 16.7 Å². The third kappa shape index (κ3) is 7.44. The van der Waals surface area contributed by atoms with Crippen LogP contribution in [0.25, 0.3) is 44.9 Å². The molecule has 0 aliphatic heterocycles. The van der Waals surface area contributed by atoms with E-state index in [1.807, 2.05) is 79.1 Å². The van der Waals surface area contributed by atoms with Crippen LogP contribution in [0, 0.1) is 12.1 Å². The van der Waals surface area contributed by atoms with E-state index in [2.05, 4.69) is 89.5 Å². The Labute approximate surface area is 250 Å². The summed E-state index contributed by atoms with van der Waals surface area (Å²) in [4.78, 5) is 13.2. The van der Waals surface area contributed by atoms with Crippen LogP contribution in [0.4, 0.5) is 0 Å². The minimum absolute atomic E-state index is 0. The third-order valence-electron chi connectivity index (χ3n) is 6.35. The van der Waals surface area contributed by atoms with Gasteiger partial charge in [0.2, 0.25) is 0 Å². The first-order valence-corrected chi connectivity index (χ1v) is 13.1. The summed E-state index contributed by atoms with van der Waals surface area (Å²) in [6.45, 7) is 4.28. The van der Waals surface area contributed by atoms with Crippen LogP contribution < -0.4 is 0 Å². The van der Waals surface area contributed by atoms with Crippen LogP contribution in [-0.4, -0.2) is 15.0 Å². The fourth-order valence-corrected chi connectivity index (χ4v) is 4.10. The number of rotatable bonds is 5. The average Bonchev–Trinajstić information content (AvgIpc) is 3.03. The number of pyridine rings is 1. The molecule has 0 bridgehead atoms. The van der Waals surface area contributed by atoms with Gasteiger partial charge in [-0.3, -0.25) is 9.97 Å². The van der Waals surface area contributed by atoms with Crippen molar-refractivity contribution in [2.75, 3.05) is 0 Å². The monoisotopic (exact) mass is 696 g/mol. The second-order valence-electron chi connectivity index (χ2n) is 9.42. The molecule has 2 heterocycles. The number of hydrogen-bond acceptors (Lipinski definition) is 3. The van der Waals surface area contributed by atoms with Crippen LogP contribution in [0.2, 0.25) is 0 Å². The SMILES string of the molecule is CC(C)c1cnc(-c2[c-]ccc(-c3ccccc3)c2)nc1.[Ir].[c-]1cc(-c2ccccc2)ccc1-c1ccccn1. The largest absolute Gasteiger partial charge is 0.305 e. The van der Waals surface area contributed by atoms with Gasteiger partial charge in [0.1, 0.15) is 0 Å². The number of aromatic nitrogens is 3. The summed E-state index contributed by atoms with van der Waals surface area (Å²) < 4.78 is 0. The summed E-state index contributed by atoms with van der Waals surface area (Å²) in [6, 6.07) is 45.3. The van der Waals surface area contributed by atoms with Gasteiger partial charge in [0, 0.05) is 38.7 Å². The smallest absolute Gasteiger partial charge is 0.0748 e. The van der Waals surface area contributed by atoms with Gasteiger partial charge in [-0.25, -0.2) is 0 Å². The summed E-state index contributed by atoms with van der Waals surface area (Å²) in [7, 11) is 0. The Kier molecular flexibility index (Phi) is 10.2. The summed E-state index contributed by atoms with van der Waals surface area (Å²) in [5.41, 5.74) is 8.78. The van der Waals surface area contributed by atoms with E-state index in [9.17, 15) is 0 Å². The molecule has 6 aromatic rings. The Morgan fingerprint density at radius 2 is 1.23 bits per heavy atom. The Morgan fingerprint density at radius 3 is 1.80 bits per heavy atom. The van der Waals surface area contributed by atoms with Gasteiger partial charge in [-0.05, 0) is 28.8 Å². The van der Waals surface area contributed by atoms with Crippen molar-refractivity contribution in [1.29, 1.82) is 0 Å². The Balaban J connectivity index is 0.000000182. The minimum atomic E-state index is 0. The van der Waals surface area contributed by atoms with Crippen LogP contribution in [-0.2, 0) is 20.1 Å². The molecule has 0 fully saturated rings. The molecule has 0 saturated heterocycles. The maximum Gasteiger partial charge on any atom is 0.0748 e. The van der Waals surface area contributed by atoms with Gasteiger partial charge < -0.3 is 4.98 Å². The van der Waals surface area contributed by atoms with Crippen molar-refractivity contribution in [1.82, 2.24) is 15.0 Å². The quantitative estimate of drug-likeness (QED) is 0.169. The molecule has 0 atom stereocenters. The van der Waals surface area contributed by atoms with Crippen LogP contribution in [0.3, 0.4) is 0 Å². The molecule has 1 radical (unpaired) electrons. The van der Waals surface area contributed by atoms with Crippen molar-refractivity contribution in [3.63, 3.8) is 0 Å². The predicted molar refractivity (Wildman–Crippen MR) is 160 cm³/mol. The predicted octanol–water partition coefficient (Wildman–Crippen LogP) is 8.95. The molecule has 40 heavy (non-hydrogen) atoms. The number of hydrogen-bond donors (Lipinski definition) is 0. The molecule has 0 N–H and O–H groups in total. The van der Waals surface area contributed by atoms with Crippen molar-refractivity contribution in [3.05, 3.63) is 152 Å². The van der Waals surface area contributed by atoms with Crippen LogP contribution in [0.1, 0.15) is 25.3 Å². The van der Waals surface area contributed by atoms with E-state index in [1.54, 1.807) is 6.20 Å². The molecular formula is C36H29IrN3-2. The molecule has 0 unspecified atom stereocenters. The molecule has 199 valence electrons. The second-order valence-corrected chi connectivity index (χ2v) is 9.42. The maximum absolute atomic E-state index is 4.46. The van der Waals surface area contributed by atoms with Gasteiger partial charge in [0.25, 0.3) is 0 Å². The van der Waals surface area contributed by atoms with Gasteiger partial charge in [0.05, 0.1) is 5.82 Å². The zero-order valence-electron chi connectivity index (χ0n) is 22.5. The molecule has 0 aliphatic rings. The van der Waals surface area contributed by atoms with Crippen molar-refractivity contribution < 1.29 is 20.1 Å². The summed E-state index contributed by atoms with van der Waals surface area (Å²) in [6.07, 6.45) is 5.60. The maximum atomic E-state index is 4.46. The molecule has 0 saturated carbocycles. The van der Waals surface area contributed by atoms with Crippen LogP contribution in [0.15, 0.2) is 134 Å². The second kappa shape index (κ2) is 14.2. The molecule has 4 aromatic carbocycles. The van der Waals surface area contributed by atoms with Crippen molar-refractivity contribution in [2.24, 2.45) is 0 Å². The molecule has 0 aliphatic carbocycles. The zero-order valence-corrected chi connectivity index (χ0v) is 24.8. The van der Waals surface area contributed by atoms with Gasteiger partial charge in [-0.2, -0.15) is 0 Å². The molecule has 6 rings (SSSR count). The van der Waals surface area contributed by atoms with E-state index >= 15 is 0 Å². The van der Waals surface area contributed by atoms with Gasteiger partial charge >= 0.3 is 0 Å². The molecule has 0 spiro atoms. The van der Waals surface area contributed by atoms with E-state index in [0.29, 0.717) is 5.92 Å². The summed E-state index contributed by atoms with van der Waals surface area (Å²) in [5, 5.41) is 0. The first-order valence-electron chi connectivity index (χ1n) is 13.1. The van der Waals surface area contributed by atoms with Crippen molar-refractivity contribution in [3.8, 4) is 44.9 Å². The van der Waals surface area contributed by atoms with Gasteiger partial charge in [-0.1, -0.05) is 97.8 Å². The first-order chi connectivity index (χ1) is 19.2. The Bertz CT molecular complexity index is 1530. The van der Waals surface area contributed by atoms with Crippen molar-refractivity contribution in [2.45, 2.75) is 19.8 Å². The molecule has 4 heteroatoms. The van der Waals surface area contributed by atoms with E-state index in [-0.39, 0.29) is 20.1 Å². The Morgan fingerprint density at radius 1 is 0.575 bits per heavy atom. The number of nitrogens with zero attached hydrogens (tertiary/aromatic N) is 3. The fourth-order valence-electron chi connectivity index (χ4n) is 4.10.